The summed E-state index contributed by atoms with van der Waals surface area (Å²) >= 11 is 12.0. The molecule has 164 valence electrons. The number of rotatable bonds is 8. The molecular formula is C24H20Cl2N2O4. The standard InChI is InChI=1S/C24H20Cl2N2O4/c1-2-31-22-12-17(15-27-28-23(29)13-16-6-4-3-5-7-16)8-11-21(22)32-24(30)19-10-9-18(25)14-20(19)26/h3-12,14-15H,2,13H2,1H3,(H,28,29). The summed E-state index contributed by atoms with van der Waals surface area (Å²) in [7, 11) is 0. The van der Waals surface area contributed by atoms with Crippen LogP contribution in [0.1, 0.15) is 28.4 Å². The van der Waals surface area contributed by atoms with Gasteiger partial charge >= 0.3 is 5.97 Å². The highest BCUT2D eigenvalue weighted by Gasteiger charge is 2.16. The maximum atomic E-state index is 12.5. The lowest BCUT2D eigenvalue weighted by Gasteiger charge is -2.12. The lowest BCUT2D eigenvalue weighted by Crippen LogP contribution is -2.19. The quantitative estimate of drug-likeness (QED) is 0.209. The van der Waals surface area contributed by atoms with Crippen molar-refractivity contribution in [2.75, 3.05) is 6.61 Å². The first-order valence-corrected chi connectivity index (χ1v) is 10.5. The highest BCUT2D eigenvalue weighted by Crippen LogP contribution is 2.30. The first-order valence-electron chi connectivity index (χ1n) is 9.76. The van der Waals surface area contributed by atoms with Crippen molar-refractivity contribution >= 4 is 41.3 Å². The third-order valence-corrected chi connectivity index (χ3v) is 4.78. The molecular weight excluding hydrogens is 451 g/mol. The van der Waals surface area contributed by atoms with Gasteiger partial charge in [-0.2, -0.15) is 5.10 Å². The van der Waals surface area contributed by atoms with Crippen molar-refractivity contribution in [3.05, 3.63) is 93.5 Å². The highest BCUT2D eigenvalue weighted by molar-refractivity contribution is 6.36. The number of halogens is 2. The Bertz CT molecular complexity index is 1130. The summed E-state index contributed by atoms with van der Waals surface area (Å²) in [5.74, 6) is -0.288. The van der Waals surface area contributed by atoms with Crippen LogP contribution in [0.3, 0.4) is 0 Å². The maximum Gasteiger partial charge on any atom is 0.345 e. The van der Waals surface area contributed by atoms with E-state index >= 15 is 0 Å². The number of benzene rings is 3. The van der Waals surface area contributed by atoms with Crippen LogP contribution in [0.2, 0.25) is 10.0 Å². The fraction of sp³-hybridized carbons (Fsp3) is 0.125. The molecule has 0 unspecified atom stereocenters. The third-order valence-electron chi connectivity index (χ3n) is 4.23. The van der Waals surface area contributed by atoms with Gasteiger partial charge in [-0.15, -0.1) is 0 Å². The molecule has 0 aliphatic carbocycles. The van der Waals surface area contributed by atoms with Gasteiger partial charge in [0.25, 0.3) is 0 Å². The molecule has 0 fully saturated rings. The Morgan fingerprint density at radius 3 is 2.50 bits per heavy atom. The van der Waals surface area contributed by atoms with Crippen LogP contribution >= 0.6 is 23.2 Å². The number of nitrogens with one attached hydrogen (secondary N) is 1. The summed E-state index contributed by atoms with van der Waals surface area (Å²) in [4.78, 5) is 24.5. The number of carbonyl (C=O) groups is 2. The van der Waals surface area contributed by atoms with Crippen LogP contribution in [0.25, 0.3) is 0 Å². The number of nitrogens with zero attached hydrogens (tertiary/aromatic N) is 1. The van der Waals surface area contributed by atoms with Crippen molar-refractivity contribution in [3.8, 4) is 11.5 Å². The van der Waals surface area contributed by atoms with E-state index in [1.54, 1.807) is 24.3 Å². The van der Waals surface area contributed by atoms with Crippen molar-refractivity contribution in [2.24, 2.45) is 5.10 Å². The van der Waals surface area contributed by atoms with Gasteiger partial charge in [0.05, 0.1) is 29.8 Å². The Balaban J connectivity index is 1.67. The van der Waals surface area contributed by atoms with E-state index in [9.17, 15) is 9.59 Å². The molecule has 0 radical (unpaired) electrons. The van der Waals surface area contributed by atoms with Crippen LogP contribution in [-0.2, 0) is 11.2 Å². The van der Waals surface area contributed by atoms with E-state index in [1.165, 1.54) is 18.3 Å². The zero-order valence-electron chi connectivity index (χ0n) is 17.2. The molecule has 0 saturated heterocycles. The van der Waals surface area contributed by atoms with Crippen molar-refractivity contribution in [1.82, 2.24) is 5.43 Å². The summed E-state index contributed by atoms with van der Waals surface area (Å²) in [6.45, 7) is 2.17. The van der Waals surface area contributed by atoms with Crippen LogP contribution in [-0.4, -0.2) is 24.7 Å². The Morgan fingerprint density at radius 2 is 1.78 bits per heavy atom. The highest BCUT2D eigenvalue weighted by atomic mass is 35.5. The second kappa shape index (κ2) is 11.3. The zero-order valence-corrected chi connectivity index (χ0v) is 18.7. The van der Waals surface area contributed by atoms with Gasteiger partial charge in [0.15, 0.2) is 11.5 Å². The van der Waals surface area contributed by atoms with Gasteiger partial charge in [0.1, 0.15) is 0 Å². The van der Waals surface area contributed by atoms with E-state index < -0.39 is 5.97 Å². The molecule has 6 nitrogen and oxygen atoms in total. The number of amides is 1. The van der Waals surface area contributed by atoms with Crippen molar-refractivity contribution in [3.63, 3.8) is 0 Å². The van der Waals surface area contributed by atoms with Gasteiger partial charge in [0, 0.05) is 5.02 Å². The van der Waals surface area contributed by atoms with E-state index in [1.807, 2.05) is 37.3 Å². The van der Waals surface area contributed by atoms with Gasteiger partial charge < -0.3 is 9.47 Å². The van der Waals surface area contributed by atoms with Gasteiger partial charge in [-0.25, -0.2) is 10.2 Å². The van der Waals surface area contributed by atoms with Gasteiger partial charge in [-0.3, -0.25) is 4.79 Å². The molecule has 3 aromatic carbocycles. The molecule has 0 atom stereocenters. The molecule has 0 heterocycles. The smallest absolute Gasteiger partial charge is 0.345 e. The van der Waals surface area contributed by atoms with Crippen LogP contribution in [0.4, 0.5) is 0 Å². The van der Waals surface area contributed by atoms with Crippen molar-refractivity contribution in [1.29, 1.82) is 0 Å². The minimum absolute atomic E-state index is 0.185. The second-order valence-corrected chi connectivity index (χ2v) is 7.45. The molecule has 0 saturated carbocycles. The molecule has 8 heteroatoms. The molecule has 0 aliphatic heterocycles. The molecule has 0 bridgehead atoms. The minimum atomic E-state index is -0.637. The molecule has 0 aliphatic rings. The number of hydrogen-bond donors (Lipinski definition) is 1. The van der Waals surface area contributed by atoms with Crippen LogP contribution < -0.4 is 14.9 Å². The number of ether oxygens (including phenoxy) is 2. The van der Waals surface area contributed by atoms with E-state index in [0.29, 0.717) is 22.9 Å². The number of hydrazone groups is 1. The summed E-state index contributed by atoms with van der Waals surface area (Å²) in [6.07, 6.45) is 1.71. The maximum absolute atomic E-state index is 12.5. The summed E-state index contributed by atoms with van der Waals surface area (Å²) in [5.41, 5.74) is 4.22. The fourth-order valence-corrected chi connectivity index (χ4v) is 3.25. The van der Waals surface area contributed by atoms with E-state index in [0.717, 1.165) is 5.56 Å². The molecule has 0 spiro atoms. The number of hydrogen-bond acceptors (Lipinski definition) is 5. The average Bonchev–Trinajstić information content (AvgIpc) is 2.76. The van der Waals surface area contributed by atoms with Gasteiger partial charge in [-0.05, 0) is 54.4 Å². The van der Waals surface area contributed by atoms with Gasteiger partial charge in [0.2, 0.25) is 5.91 Å². The lowest BCUT2D eigenvalue weighted by atomic mass is 10.1. The predicted molar refractivity (Wildman–Crippen MR) is 125 cm³/mol. The topological polar surface area (TPSA) is 77.0 Å². The molecule has 32 heavy (non-hydrogen) atoms. The Hall–Kier alpha value is -3.35. The predicted octanol–water partition coefficient (Wildman–Crippen LogP) is 5.30. The Kier molecular flexibility index (Phi) is 8.25. The Labute approximate surface area is 195 Å². The monoisotopic (exact) mass is 470 g/mol. The molecule has 3 rings (SSSR count). The number of esters is 1. The average molecular weight is 471 g/mol. The lowest BCUT2D eigenvalue weighted by molar-refractivity contribution is -0.120. The molecule has 1 amide bonds. The first-order chi connectivity index (χ1) is 15.5. The van der Waals surface area contributed by atoms with Gasteiger partial charge in [-0.1, -0.05) is 53.5 Å². The first kappa shape index (κ1) is 23.3. The largest absolute Gasteiger partial charge is 0.490 e. The third kappa shape index (κ3) is 6.57. The van der Waals surface area contributed by atoms with Crippen LogP contribution in [0.5, 0.6) is 11.5 Å². The molecule has 3 aromatic rings. The van der Waals surface area contributed by atoms with E-state index in [-0.39, 0.29) is 28.7 Å². The minimum Gasteiger partial charge on any atom is -0.490 e. The second-order valence-electron chi connectivity index (χ2n) is 6.61. The van der Waals surface area contributed by atoms with Crippen LogP contribution in [0, 0.1) is 0 Å². The van der Waals surface area contributed by atoms with E-state index in [4.69, 9.17) is 32.7 Å². The van der Waals surface area contributed by atoms with Crippen molar-refractivity contribution < 1.29 is 19.1 Å². The van der Waals surface area contributed by atoms with Crippen LogP contribution in [0.15, 0.2) is 71.8 Å². The van der Waals surface area contributed by atoms with E-state index in [2.05, 4.69) is 10.5 Å². The molecule has 1 N–H and O–H groups in total. The normalized spacial score (nSPS) is 10.7. The molecule has 0 aromatic heterocycles. The number of carbonyl (C=O) groups excluding carboxylic acids is 2. The summed E-state index contributed by atoms with van der Waals surface area (Å²) in [5, 5.41) is 4.59. The zero-order chi connectivity index (χ0) is 22.9. The fourth-order valence-electron chi connectivity index (χ4n) is 2.77. The summed E-state index contributed by atoms with van der Waals surface area (Å²) < 4.78 is 11.1. The summed E-state index contributed by atoms with van der Waals surface area (Å²) in [6, 6.07) is 18.8. The Morgan fingerprint density at radius 1 is 1.00 bits per heavy atom. The van der Waals surface area contributed by atoms with Crippen molar-refractivity contribution in [2.45, 2.75) is 13.3 Å². The SMILES string of the molecule is CCOc1cc(C=NNC(=O)Cc2ccccc2)ccc1OC(=O)c1ccc(Cl)cc1Cl.